The molecule has 112 valence electrons. The Hall–Kier alpha value is -1.33. The second-order valence-electron chi connectivity index (χ2n) is 5.97. The smallest absolute Gasteiger partial charge is 0.399 e. The SMILES string of the molecule is CC[N+](C)(CC)CC.C[Si](C)(C)O[B-](C#N)(C#N)C#N. The van der Waals surface area contributed by atoms with Crippen LogP contribution in [0.3, 0.4) is 0 Å². The van der Waals surface area contributed by atoms with Gasteiger partial charge in [-0.05, 0) is 40.4 Å². The van der Waals surface area contributed by atoms with E-state index in [0.717, 1.165) is 0 Å². The van der Waals surface area contributed by atoms with Crippen molar-refractivity contribution in [1.82, 2.24) is 0 Å². The highest BCUT2D eigenvalue weighted by Crippen LogP contribution is 2.11. The first kappa shape index (κ1) is 21.0. The lowest BCUT2D eigenvalue weighted by Crippen LogP contribution is -2.44. The maximum absolute atomic E-state index is 8.57. The molecule has 0 saturated heterocycles. The maximum atomic E-state index is 8.57. The molecule has 0 aliphatic heterocycles. The zero-order valence-electron chi connectivity index (χ0n) is 13.9. The van der Waals surface area contributed by atoms with E-state index < -0.39 is 14.7 Å². The van der Waals surface area contributed by atoms with Crippen LogP contribution in [0.15, 0.2) is 0 Å². The molecule has 0 N–H and O–H groups in total. The summed E-state index contributed by atoms with van der Waals surface area (Å²) in [6.45, 7) is 16.0. The molecule has 20 heavy (non-hydrogen) atoms. The van der Waals surface area contributed by atoms with E-state index in [1.807, 2.05) is 19.6 Å². The molecule has 0 amide bonds. The highest BCUT2D eigenvalue weighted by Gasteiger charge is 2.30. The first-order valence-electron chi connectivity index (χ1n) is 6.99. The van der Waals surface area contributed by atoms with Gasteiger partial charge in [0.2, 0.25) is 0 Å². The lowest BCUT2D eigenvalue weighted by Gasteiger charge is -2.30. The number of hydrogen-bond donors (Lipinski definition) is 0. The van der Waals surface area contributed by atoms with Crippen LogP contribution in [0.2, 0.25) is 19.6 Å². The van der Waals surface area contributed by atoms with Crippen LogP contribution >= 0.6 is 0 Å². The highest BCUT2D eigenvalue weighted by atomic mass is 28.4. The van der Waals surface area contributed by atoms with Gasteiger partial charge in [0.05, 0.1) is 26.7 Å². The van der Waals surface area contributed by atoms with Crippen LogP contribution in [0.1, 0.15) is 20.8 Å². The van der Waals surface area contributed by atoms with Gasteiger partial charge < -0.3 is 8.83 Å². The van der Waals surface area contributed by atoms with E-state index in [-0.39, 0.29) is 0 Å². The van der Waals surface area contributed by atoms with E-state index in [2.05, 4.69) is 27.8 Å². The van der Waals surface area contributed by atoms with Crippen LogP contribution < -0.4 is 0 Å². The molecule has 0 heterocycles. The summed E-state index contributed by atoms with van der Waals surface area (Å²) in [6.07, 6.45) is -2.57. The summed E-state index contributed by atoms with van der Waals surface area (Å²) in [5, 5.41) is 25.7. The zero-order valence-corrected chi connectivity index (χ0v) is 14.9. The molecule has 0 aliphatic carbocycles. The van der Waals surface area contributed by atoms with Gasteiger partial charge in [0, 0.05) is 0 Å². The third-order valence-electron chi connectivity index (χ3n) is 3.37. The number of nitrogens with zero attached hydrogens (tertiary/aromatic N) is 4. The van der Waals surface area contributed by atoms with Gasteiger partial charge in [-0.15, -0.1) is 0 Å². The summed E-state index contributed by atoms with van der Waals surface area (Å²) in [7, 11) is 0.296. The minimum atomic E-state index is -2.57. The molecular weight excluding hydrogens is 267 g/mol. The second-order valence-corrected chi connectivity index (χ2v) is 10.4. The topological polar surface area (TPSA) is 80.6 Å². The van der Waals surface area contributed by atoms with Gasteiger partial charge in [-0.1, -0.05) is 17.9 Å². The molecule has 0 atom stereocenters. The van der Waals surface area contributed by atoms with E-state index >= 15 is 0 Å². The Labute approximate surface area is 125 Å². The van der Waals surface area contributed by atoms with Crippen LogP contribution in [0.25, 0.3) is 0 Å². The minimum absolute atomic E-state index is 1.21. The zero-order chi connectivity index (χ0) is 16.4. The van der Waals surface area contributed by atoms with Gasteiger partial charge in [0.1, 0.15) is 8.32 Å². The summed E-state index contributed by atoms with van der Waals surface area (Å²) in [5.41, 5.74) is 0. The Morgan fingerprint density at radius 2 is 1.20 bits per heavy atom. The molecular formula is C13H27BN4OSi. The Morgan fingerprint density at radius 3 is 1.25 bits per heavy atom. The van der Waals surface area contributed by atoms with Crippen molar-refractivity contribution in [2.75, 3.05) is 26.7 Å². The molecule has 0 aromatic rings. The third kappa shape index (κ3) is 7.97. The Morgan fingerprint density at radius 1 is 0.900 bits per heavy atom. The van der Waals surface area contributed by atoms with Gasteiger partial charge in [-0.3, -0.25) is 0 Å². The van der Waals surface area contributed by atoms with E-state index in [1.165, 1.54) is 24.1 Å². The van der Waals surface area contributed by atoms with E-state index in [1.54, 1.807) is 17.9 Å². The fourth-order valence-electron chi connectivity index (χ4n) is 1.37. The largest absolute Gasteiger partial charge is 0.602 e. The summed E-state index contributed by atoms with van der Waals surface area (Å²) >= 11 is 0. The number of hydrogen-bond acceptors (Lipinski definition) is 4. The molecule has 0 unspecified atom stereocenters. The first-order valence-corrected chi connectivity index (χ1v) is 10.4. The van der Waals surface area contributed by atoms with Crippen molar-refractivity contribution in [2.45, 2.75) is 40.4 Å². The molecule has 0 saturated carbocycles. The predicted molar refractivity (Wildman–Crippen MR) is 84.8 cm³/mol. The van der Waals surface area contributed by atoms with E-state index in [9.17, 15) is 0 Å². The van der Waals surface area contributed by atoms with Crippen LogP contribution in [-0.4, -0.2) is 45.8 Å². The molecule has 0 fully saturated rings. The second kappa shape index (κ2) is 8.77. The summed E-state index contributed by atoms with van der Waals surface area (Å²) in [5.74, 6) is 4.87. The fraction of sp³-hybridized carbons (Fsp3) is 0.769. The van der Waals surface area contributed by atoms with Gasteiger partial charge in [0.15, 0.2) is 0 Å². The summed E-state index contributed by atoms with van der Waals surface area (Å²) < 4.78 is 6.40. The molecule has 0 aromatic carbocycles. The normalized spacial score (nSPS) is 11.4. The standard InChI is InChI=1S/C7H18N.C6H9BN3OSi/c1-5-8(4,6-2)7-3;1-12(2,3)11-7(4-8,5-9)6-10/h5-7H2,1-4H3;1-3H3/q+1;-1. The van der Waals surface area contributed by atoms with Crippen molar-refractivity contribution in [3.63, 3.8) is 0 Å². The quantitative estimate of drug-likeness (QED) is 0.576. The van der Waals surface area contributed by atoms with Crippen molar-refractivity contribution < 1.29 is 8.83 Å². The lowest BCUT2D eigenvalue weighted by molar-refractivity contribution is -0.904. The van der Waals surface area contributed by atoms with Crippen LogP contribution in [0.4, 0.5) is 0 Å². The summed E-state index contributed by atoms with van der Waals surface area (Å²) in [6, 6.07) is 0. The Kier molecular flexibility index (Phi) is 9.19. The molecule has 0 radical (unpaired) electrons. The Balaban J connectivity index is 0. The monoisotopic (exact) mass is 294 g/mol. The highest BCUT2D eigenvalue weighted by molar-refractivity contribution is 6.99. The third-order valence-corrected chi connectivity index (χ3v) is 4.43. The number of quaternary nitrogens is 1. The van der Waals surface area contributed by atoms with E-state index in [4.69, 9.17) is 20.1 Å². The average Bonchev–Trinajstić information content (AvgIpc) is 2.43. The minimum Gasteiger partial charge on any atom is -0.602 e. The van der Waals surface area contributed by atoms with Crippen molar-refractivity contribution in [3.05, 3.63) is 0 Å². The molecule has 0 bridgehead atoms. The van der Waals surface area contributed by atoms with Crippen molar-refractivity contribution in [3.8, 4) is 17.9 Å². The summed E-state index contributed by atoms with van der Waals surface area (Å²) in [4.78, 5) is 0. The molecule has 7 heteroatoms. The van der Waals surface area contributed by atoms with E-state index in [0.29, 0.717) is 0 Å². The first-order chi connectivity index (χ1) is 9.07. The molecule has 0 spiro atoms. The molecule has 0 aromatic heterocycles. The molecule has 0 aliphatic rings. The van der Waals surface area contributed by atoms with Crippen LogP contribution in [-0.2, 0) is 4.34 Å². The Bertz CT molecular complexity index is 366. The fourth-order valence-corrected chi connectivity index (χ4v) is 2.59. The average molecular weight is 294 g/mol. The van der Waals surface area contributed by atoms with Crippen molar-refractivity contribution in [1.29, 1.82) is 15.8 Å². The number of rotatable bonds is 5. The van der Waals surface area contributed by atoms with Gasteiger partial charge in [0.25, 0.3) is 0 Å². The molecule has 5 nitrogen and oxygen atoms in total. The van der Waals surface area contributed by atoms with Gasteiger partial charge in [-0.25, -0.2) is 15.8 Å². The van der Waals surface area contributed by atoms with Crippen LogP contribution in [0, 0.1) is 33.7 Å². The van der Waals surface area contributed by atoms with Crippen molar-refractivity contribution >= 4 is 14.7 Å². The predicted octanol–water partition coefficient (Wildman–Crippen LogP) is 2.46. The van der Waals surface area contributed by atoms with Crippen LogP contribution in [0.5, 0.6) is 0 Å². The molecule has 0 rings (SSSR count). The number of nitriles is 3. The van der Waals surface area contributed by atoms with Crippen molar-refractivity contribution in [2.24, 2.45) is 0 Å². The van der Waals surface area contributed by atoms with Gasteiger partial charge in [-0.2, -0.15) is 0 Å². The van der Waals surface area contributed by atoms with Gasteiger partial charge >= 0.3 is 6.35 Å². The maximum Gasteiger partial charge on any atom is 0.399 e. The lowest BCUT2D eigenvalue weighted by atomic mass is 9.45.